The number of carbonyl (C=O) groups excluding carboxylic acids is 1. The Bertz CT molecular complexity index is 595. The number of nitrogens with one attached hydrogen (secondary N) is 1. The van der Waals surface area contributed by atoms with Gasteiger partial charge in [0.15, 0.2) is 0 Å². The molecule has 1 heterocycles. The van der Waals surface area contributed by atoms with Crippen LogP contribution in [0.3, 0.4) is 0 Å². The summed E-state index contributed by atoms with van der Waals surface area (Å²) in [5.41, 5.74) is 3.34. The van der Waals surface area contributed by atoms with Crippen molar-refractivity contribution in [3.8, 4) is 0 Å². The van der Waals surface area contributed by atoms with Crippen molar-refractivity contribution in [2.24, 2.45) is 5.84 Å². The third-order valence-electron chi connectivity index (χ3n) is 2.96. The summed E-state index contributed by atoms with van der Waals surface area (Å²) in [4.78, 5) is 14.8. The number of thiophene rings is 1. The van der Waals surface area contributed by atoms with E-state index in [0.29, 0.717) is 0 Å². The van der Waals surface area contributed by atoms with Gasteiger partial charge >= 0.3 is 0 Å². The van der Waals surface area contributed by atoms with Gasteiger partial charge in [0.2, 0.25) is 0 Å². The Morgan fingerprint density at radius 1 is 1.40 bits per heavy atom. The molecule has 0 bridgehead atoms. The van der Waals surface area contributed by atoms with Crippen LogP contribution in [0.4, 0.5) is 0 Å². The number of rotatable bonds is 6. The van der Waals surface area contributed by atoms with Crippen LogP contribution >= 0.6 is 23.1 Å². The molecule has 0 aliphatic heterocycles. The molecule has 1 amide bonds. The van der Waals surface area contributed by atoms with E-state index in [0.717, 1.165) is 38.6 Å². The lowest BCUT2D eigenvalue weighted by Crippen LogP contribution is -2.29. The van der Waals surface area contributed by atoms with Gasteiger partial charge in [0.1, 0.15) is 0 Å². The minimum Gasteiger partial charge on any atom is -0.309 e. The Labute approximate surface area is 127 Å². The maximum absolute atomic E-state index is 11.9. The Balaban J connectivity index is 2.22. The lowest BCUT2D eigenvalue weighted by atomic mass is 10.1. The van der Waals surface area contributed by atoms with E-state index in [4.69, 9.17) is 5.84 Å². The van der Waals surface area contributed by atoms with Gasteiger partial charge in [-0.2, -0.15) is 11.8 Å². The molecule has 0 radical (unpaired) electrons. The molecule has 0 aliphatic carbocycles. The zero-order chi connectivity index (χ0) is 14.5. The van der Waals surface area contributed by atoms with Crippen LogP contribution in [0.15, 0.2) is 24.3 Å². The fourth-order valence-electron chi connectivity index (χ4n) is 1.91. The van der Waals surface area contributed by atoms with Gasteiger partial charge in [-0.3, -0.25) is 10.2 Å². The highest BCUT2D eigenvalue weighted by Gasteiger charge is 2.17. The summed E-state index contributed by atoms with van der Waals surface area (Å²) in [6.45, 7) is 1.03. The number of nitrogen functional groups attached to an aromatic ring is 1. The third-order valence-corrected chi connectivity index (χ3v) is 5.14. The highest BCUT2D eigenvalue weighted by Crippen LogP contribution is 2.33. The van der Waals surface area contributed by atoms with Gasteiger partial charge in [-0.1, -0.05) is 18.2 Å². The topological polar surface area (TPSA) is 58.4 Å². The van der Waals surface area contributed by atoms with Gasteiger partial charge in [-0.05, 0) is 31.1 Å². The normalized spacial score (nSPS) is 11.2. The van der Waals surface area contributed by atoms with Crippen LogP contribution in [-0.2, 0) is 5.75 Å². The van der Waals surface area contributed by atoms with Gasteiger partial charge in [-0.25, -0.2) is 5.84 Å². The molecule has 20 heavy (non-hydrogen) atoms. The van der Waals surface area contributed by atoms with Crippen molar-refractivity contribution in [2.75, 3.05) is 26.4 Å². The lowest BCUT2D eigenvalue weighted by Gasteiger charge is -2.09. The van der Waals surface area contributed by atoms with Crippen molar-refractivity contribution in [1.29, 1.82) is 0 Å². The highest BCUT2D eigenvalue weighted by atomic mass is 32.2. The minimum absolute atomic E-state index is 0.200. The van der Waals surface area contributed by atoms with Gasteiger partial charge < -0.3 is 4.90 Å². The summed E-state index contributed by atoms with van der Waals surface area (Å²) >= 11 is 3.35. The Hall–Kier alpha value is -1.08. The van der Waals surface area contributed by atoms with Gasteiger partial charge in [0.25, 0.3) is 5.91 Å². The van der Waals surface area contributed by atoms with Crippen molar-refractivity contribution < 1.29 is 4.79 Å². The zero-order valence-electron chi connectivity index (χ0n) is 11.7. The van der Waals surface area contributed by atoms with E-state index in [1.165, 1.54) is 11.3 Å². The van der Waals surface area contributed by atoms with Crippen molar-refractivity contribution in [3.63, 3.8) is 0 Å². The third kappa shape index (κ3) is 3.52. The monoisotopic (exact) mass is 309 g/mol. The number of hydrazine groups is 1. The molecule has 0 saturated carbocycles. The molecular weight excluding hydrogens is 290 g/mol. The second-order valence-electron chi connectivity index (χ2n) is 4.74. The van der Waals surface area contributed by atoms with Crippen LogP contribution in [-0.4, -0.2) is 37.2 Å². The SMILES string of the molecule is CN(C)CCSCc1c(C(=O)NN)sc2ccccc12. The maximum Gasteiger partial charge on any atom is 0.275 e. The van der Waals surface area contributed by atoms with Gasteiger partial charge in [0, 0.05) is 22.8 Å². The van der Waals surface area contributed by atoms with Crippen molar-refractivity contribution >= 4 is 39.1 Å². The van der Waals surface area contributed by atoms with E-state index in [1.807, 2.05) is 30.0 Å². The fraction of sp³-hybridized carbons (Fsp3) is 0.357. The average Bonchev–Trinajstić information content (AvgIpc) is 2.81. The summed E-state index contributed by atoms with van der Waals surface area (Å²) in [7, 11) is 4.13. The average molecular weight is 309 g/mol. The molecule has 6 heteroatoms. The Kier molecular flexibility index (Phi) is 5.42. The zero-order valence-corrected chi connectivity index (χ0v) is 13.3. The van der Waals surface area contributed by atoms with Crippen molar-refractivity contribution in [1.82, 2.24) is 10.3 Å². The minimum atomic E-state index is -0.200. The summed E-state index contributed by atoms with van der Waals surface area (Å²) in [6, 6.07) is 8.11. The first-order chi connectivity index (χ1) is 9.63. The van der Waals surface area contributed by atoms with Crippen LogP contribution in [0.2, 0.25) is 0 Å². The molecule has 2 aromatic rings. The smallest absolute Gasteiger partial charge is 0.275 e. The molecule has 108 valence electrons. The molecule has 0 unspecified atom stereocenters. The lowest BCUT2D eigenvalue weighted by molar-refractivity contribution is 0.0957. The molecule has 1 aromatic carbocycles. The van der Waals surface area contributed by atoms with Gasteiger partial charge in [-0.15, -0.1) is 11.3 Å². The first kappa shape index (κ1) is 15.3. The first-order valence-electron chi connectivity index (χ1n) is 6.37. The first-order valence-corrected chi connectivity index (χ1v) is 8.34. The quantitative estimate of drug-likeness (QED) is 0.372. The second kappa shape index (κ2) is 7.08. The van der Waals surface area contributed by atoms with E-state index in [1.54, 1.807) is 0 Å². The molecule has 0 atom stereocenters. The maximum atomic E-state index is 11.9. The summed E-state index contributed by atoms with van der Waals surface area (Å²) in [6.07, 6.45) is 0. The number of hydrogen-bond acceptors (Lipinski definition) is 5. The number of nitrogens with two attached hydrogens (primary N) is 1. The Morgan fingerprint density at radius 3 is 2.85 bits per heavy atom. The number of fused-ring (bicyclic) bond motifs is 1. The van der Waals surface area contributed by atoms with Gasteiger partial charge in [0.05, 0.1) is 4.88 Å². The predicted octanol–water partition coefficient (Wildman–Crippen LogP) is 2.30. The molecular formula is C14H19N3OS2. The molecule has 0 aliphatic rings. The van der Waals surface area contributed by atoms with Crippen LogP contribution in [0.1, 0.15) is 15.2 Å². The van der Waals surface area contributed by atoms with E-state index in [9.17, 15) is 4.79 Å². The number of benzene rings is 1. The van der Waals surface area contributed by atoms with E-state index < -0.39 is 0 Å². The molecule has 0 saturated heterocycles. The standard InChI is InChI=1S/C14H19N3OS2/c1-17(2)7-8-19-9-11-10-5-3-4-6-12(10)20-13(11)14(18)16-15/h3-6H,7-9,15H2,1-2H3,(H,16,18). The number of carbonyl (C=O) groups is 1. The molecule has 3 N–H and O–H groups in total. The summed E-state index contributed by atoms with van der Waals surface area (Å²) in [5, 5.41) is 1.16. The summed E-state index contributed by atoms with van der Waals surface area (Å²) in [5.74, 6) is 6.96. The molecule has 2 rings (SSSR count). The van der Waals surface area contributed by atoms with Crippen molar-refractivity contribution in [2.45, 2.75) is 5.75 Å². The van der Waals surface area contributed by atoms with Crippen LogP contribution in [0.5, 0.6) is 0 Å². The van der Waals surface area contributed by atoms with Crippen LogP contribution in [0.25, 0.3) is 10.1 Å². The predicted molar refractivity (Wildman–Crippen MR) is 88.2 cm³/mol. The molecule has 0 fully saturated rings. The fourth-order valence-corrected chi connectivity index (χ4v) is 4.27. The number of amides is 1. The van der Waals surface area contributed by atoms with E-state index in [-0.39, 0.29) is 5.91 Å². The van der Waals surface area contributed by atoms with Crippen molar-refractivity contribution in [3.05, 3.63) is 34.7 Å². The molecule has 4 nitrogen and oxygen atoms in total. The second-order valence-corrected chi connectivity index (χ2v) is 6.89. The molecule has 1 aromatic heterocycles. The number of hydrogen-bond donors (Lipinski definition) is 2. The highest BCUT2D eigenvalue weighted by molar-refractivity contribution is 7.98. The van der Waals surface area contributed by atoms with E-state index in [2.05, 4.69) is 30.5 Å². The largest absolute Gasteiger partial charge is 0.309 e. The Morgan fingerprint density at radius 2 is 2.15 bits per heavy atom. The van der Waals surface area contributed by atoms with Crippen LogP contribution < -0.4 is 11.3 Å². The van der Waals surface area contributed by atoms with E-state index >= 15 is 0 Å². The molecule has 0 spiro atoms. The summed E-state index contributed by atoms with van der Waals surface area (Å²) < 4.78 is 1.13. The van der Waals surface area contributed by atoms with Crippen LogP contribution in [0, 0.1) is 0 Å². The number of thioether (sulfide) groups is 1. The number of nitrogens with zero attached hydrogens (tertiary/aromatic N) is 1.